The van der Waals surface area contributed by atoms with E-state index in [-0.39, 0.29) is 18.4 Å². The number of rotatable bonds is 4. The minimum Gasteiger partial charge on any atom is -0.396 e. The third-order valence-electron chi connectivity index (χ3n) is 3.15. The molecule has 0 saturated carbocycles. The van der Waals surface area contributed by atoms with Gasteiger partial charge in [-0.1, -0.05) is 0 Å². The average molecular weight is 255 g/mol. The molecule has 1 unspecified atom stereocenters. The standard InChI is InChI=1S/C13H15F2NO2/c14-11-3-9(4-12(15)6-11)1-2-16-7-10(8-17)5-13(16)18/h3-4,6,10,17H,1-2,5,7-8H2. The third kappa shape index (κ3) is 3.04. The van der Waals surface area contributed by atoms with Gasteiger partial charge < -0.3 is 10.0 Å². The summed E-state index contributed by atoms with van der Waals surface area (Å²) in [5.74, 6) is -1.23. The van der Waals surface area contributed by atoms with Gasteiger partial charge in [-0.15, -0.1) is 0 Å². The van der Waals surface area contributed by atoms with Crippen LogP contribution in [0.4, 0.5) is 8.78 Å². The fourth-order valence-electron chi connectivity index (χ4n) is 2.21. The lowest BCUT2D eigenvalue weighted by atomic mass is 10.1. The largest absolute Gasteiger partial charge is 0.396 e. The average Bonchev–Trinajstić information content (AvgIpc) is 2.66. The summed E-state index contributed by atoms with van der Waals surface area (Å²) in [6, 6.07) is 3.37. The first kappa shape index (κ1) is 13.0. The van der Waals surface area contributed by atoms with Crippen molar-refractivity contribution in [3.63, 3.8) is 0 Å². The van der Waals surface area contributed by atoms with Gasteiger partial charge in [-0.25, -0.2) is 8.78 Å². The van der Waals surface area contributed by atoms with E-state index in [0.717, 1.165) is 6.07 Å². The van der Waals surface area contributed by atoms with Gasteiger partial charge in [0.2, 0.25) is 5.91 Å². The second-order valence-electron chi connectivity index (χ2n) is 4.62. The minimum absolute atomic E-state index is 0.00314. The highest BCUT2D eigenvalue weighted by Gasteiger charge is 2.28. The molecule has 98 valence electrons. The highest BCUT2D eigenvalue weighted by molar-refractivity contribution is 5.78. The molecule has 0 spiro atoms. The monoisotopic (exact) mass is 255 g/mol. The van der Waals surface area contributed by atoms with Gasteiger partial charge in [-0.05, 0) is 24.1 Å². The molecule has 5 heteroatoms. The van der Waals surface area contributed by atoms with Crippen molar-refractivity contribution in [1.82, 2.24) is 4.90 Å². The number of carbonyl (C=O) groups is 1. The molecule has 0 aromatic heterocycles. The van der Waals surface area contributed by atoms with Crippen LogP contribution in [0, 0.1) is 17.6 Å². The zero-order valence-electron chi connectivity index (χ0n) is 9.90. The van der Waals surface area contributed by atoms with Gasteiger partial charge >= 0.3 is 0 Å². The Hall–Kier alpha value is -1.49. The van der Waals surface area contributed by atoms with Crippen LogP contribution in [-0.4, -0.2) is 35.6 Å². The van der Waals surface area contributed by atoms with E-state index in [1.165, 1.54) is 12.1 Å². The SMILES string of the molecule is O=C1CC(CO)CN1CCc1cc(F)cc(F)c1. The van der Waals surface area contributed by atoms with Crippen molar-refractivity contribution >= 4 is 5.91 Å². The zero-order valence-corrected chi connectivity index (χ0v) is 9.90. The maximum Gasteiger partial charge on any atom is 0.223 e. The Morgan fingerprint density at radius 3 is 2.50 bits per heavy atom. The zero-order chi connectivity index (χ0) is 13.1. The van der Waals surface area contributed by atoms with Crippen LogP contribution < -0.4 is 0 Å². The van der Waals surface area contributed by atoms with Crippen molar-refractivity contribution in [1.29, 1.82) is 0 Å². The van der Waals surface area contributed by atoms with Crippen molar-refractivity contribution in [2.75, 3.05) is 19.7 Å². The van der Waals surface area contributed by atoms with Gasteiger partial charge in [0.05, 0.1) is 0 Å². The van der Waals surface area contributed by atoms with Crippen LogP contribution >= 0.6 is 0 Å². The molecular formula is C13H15F2NO2. The van der Waals surface area contributed by atoms with Crippen molar-refractivity contribution in [2.24, 2.45) is 5.92 Å². The molecule has 1 fully saturated rings. The Balaban J connectivity index is 1.93. The van der Waals surface area contributed by atoms with Gasteiger partial charge in [0.25, 0.3) is 0 Å². The normalized spacial score (nSPS) is 19.6. The molecule has 1 N–H and O–H groups in total. The maximum absolute atomic E-state index is 13.0. The first-order valence-corrected chi connectivity index (χ1v) is 5.92. The molecule has 0 radical (unpaired) electrons. The fraction of sp³-hybridized carbons (Fsp3) is 0.462. The quantitative estimate of drug-likeness (QED) is 0.882. The molecule has 18 heavy (non-hydrogen) atoms. The molecule has 0 aliphatic carbocycles. The summed E-state index contributed by atoms with van der Waals surface area (Å²) in [6.45, 7) is 0.947. The van der Waals surface area contributed by atoms with Crippen molar-refractivity contribution < 1.29 is 18.7 Å². The molecule has 1 heterocycles. The number of likely N-dealkylation sites (tertiary alicyclic amines) is 1. The second-order valence-corrected chi connectivity index (χ2v) is 4.62. The minimum atomic E-state index is -0.606. The van der Waals surface area contributed by atoms with Crippen molar-refractivity contribution in [3.8, 4) is 0 Å². The van der Waals surface area contributed by atoms with E-state index in [0.29, 0.717) is 31.5 Å². The van der Waals surface area contributed by atoms with E-state index in [2.05, 4.69) is 0 Å². The van der Waals surface area contributed by atoms with Gasteiger partial charge in [-0.3, -0.25) is 4.79 Å². The summed E-state index contributed by atoms with van der Waals surface area (Å²) < 4.78 is 25.9. The topological polar surface area (TPSA) is 40.5 Å². The number of aliphatic hydroxyl groups is 1. The smallest absolute Gasteiger partial charge is 0.223 e. The predicted molar refractivity (Wildman–Crippen MR) is 61.8 cm³/mol. The molecule has 3 nitrogen and oxygen atoms in total. The molecule has 2 rings (SSSR count). The Labute approximate surface area is 104 Å². The predicted octanol–water partition coefficient (Wildman–Crippen LogP) is 1.35. The maximum atomic E-state index is 13.0. The first-order valence-electron chi connectivity index (χ1n) is 5.92. The van der Waals surface area contributed by atoms with Crippen LogP contribution in [-0.2, 0) is 11.2 Å². The summed E-state index contributed by atoms with van der Waals surface area (Å²) in [6.07, 6.45) is 0.770. The molecule has 1 amide bonds. The molecular weight excluding hydrogens is 240 g/mol. The summed E-state index contributed by atoms with van der Waals surface area (Å²) >= 11 is 0. The number of aliphatic hydroxyl groups excluding tert-OH is 1. The number of hydrogen-bond donors (Lipinski definition) is 1. The van der Waals surface area contributed by atoms with Crippen LogP contribution in [0.1, 0.15) is 12.0 Å². The lowest BCUT2D eigenvalue weighted by Crippen LogP contribution is -2.27. The van der Waals surface area contributed by atoms with Crippen LogP contribution in [0.3, 0.4) is 0 Å². The summed E-state index contributed by atoms with van der Waals surface area (Å²) in [5.41, 5.74) is 0.535. The lowest BCUT2D eigenvalue weighted by Gasteiger charge is -2.16. The summed E-state index contributed by atoms with van der Waals surface area (Å²) in [5, 5.41) is 8.98. The number of halogens is 2. The number of benzene rings is 1. The van der Waals surface area contributed by atoms with Crippen LogP contribution in [0.2, 0.25) is 0 Å². The fourth-order valence-corrected chi connectivity index (χ4v) is 2.21. The lowest BCUT2D eigenvalue weighted by molar-refractivity contribution is -0.127. The van der Waals surface area contributed by atoms with Crippen LogP contribution in [0.15, 0.2) is 18.2 Å². The molecule has 1 aromatic rings. The molecule has 0 bridgehead atoms. The molecule has 1 aromatic carbocycles. The van der Waals surface area contributed by atoms with Crippen molar-refractivity contribution in [2.45, 2.75) is 12.8 Å². The Morgan fingerprint density at radius 1 is 1.28 bits per heavy atom. The highest BCUT2D eigenvalue weighted by atomic mass is 19.1. The molecule has 1 aliphatic heterocycles. The number of hydrogen-bond acceptors (Lipinski definition) is 2. The van der Waals surface area contributed by atoms with Gasteiger partial charge in [0.1, 0.15) is 11.6 Å². The number of carbonyl (C=O) groups excluding carboxylic acids is 1. The van der Waals surface area contributed by atoms with Gasteiger partial charge in [0.15, 0.2) is 0 Å². The highest BCUT2D eigenvalue weighted by Crippen LogP contribution is 2.18. The molecule has 1 aliphatic rings. The Kier molecular flexibility index (Phi) is 3.91. The van der Waals surface area contributed by atoms with E-state index in [4.69, 9.17) is 5.11 Å². The first-order chi connectivity index (χ1) is 8.58. The van der Waals surface area contributed by atoms with Crippen LogP contribution in [0.5, 0.6) is 0 Å². The van der Waals surface area contributed by atoms with E-state index in [1.54, 1.807) is 4.90 Å². The van der Waals surface area contributed by atoms with E-state index < -0.39 is 11.6 Å². The van der Waals surface area contributed by atoms with Crippen LogP contribution in [0.25, 0.3) is 0 Å². The summed E-state index contributed by atoms with van der Waals surface area (Å²) in [7, 11) is 0. The Bertz CT molecular complexity index is 430. The third-order valence-corrected chi connectivity index (χ3v) is 3.15. The van der Waals surface area contributed by atoms with Gasteiger partial charge in [0, 0.05) is 38.1 Å². The molecule has 1 saturated heterocycles. The van der Waals surface area contributed by atoms with Crippen molar-refractivity contribution in [3.05, 3.63) is 35.4 Å². The van der Waals surface area contributed by atoms with E-state index in [1.807, 2.05) is 0 Å². The molecule has 1 atom stereocenters. The van der Waals surface area contributed by atoms with E-state index >= 15 is 0 Å². The number of amides is 1. The second kappa shape index (κ2) is 5.44. The Morgan fingerprint density at radius 2 is 1.94 bits per heavy atom. The number of nitrogens with zero attached hydrogens (tertiary/aromatic N) is 1. The summed E-state index contributed by atoms with van der Waals surface area (Å²) in [4.78, 5) is 13.2. The van der Waals surface area contributed by atoms with E-state index in [9.17, 15) is 13.6 Å². The van der Waals surface area contributed by atoms with Gasteiger partial charge in [-0.2, -0.15) is 0 Å².